The van der Waals surface area contributed by atoms with Gasteiger partial charge in [0.25, 0.3) is 5.91 Å². The van der Waals surface area contributed by atoms with Gasteiger partial charge in [-0.3, -0.25) is 14.5 Å². The summed E-state index contributed by atoms with van der Waals surface area (Å²) in [6.45, 7) is 1.84. The third-order valence-electron chi connectivity index (χ3n) is 2.08. The number of carbonyl (C=O) groups is 1. The molecule has 0 spiro atoms. The van der Waals surface area contributed by atoms with Crippen LogP contribution in [0.1, 0.15) is 16.2 Å². The Morgan fingerprint density at radius 3 is 2.82 bits per heavy atom. The predicted molar refractivity (Wildman–Crippen MR) is 62.9 cm³/mol. The first-order chi connectivity index (χ1) is 8.06. The van der Waals surface area contributed by atoms with Crippen LogP contribution in [0.25, 0.3) is 0 Å². The lowest BCUT2D eigenvalue weighted by Gasteiger charge is -2.03. The summed E-state index contributed by atoms with van der Waals surface area (Å²) in [5.41, 5.74) is 0.983. The van der Waals surface area contributed by atoms with Gasteiger partial charge in [0, 0.05) is 13.1 Å². The minimum atomic E-state index is -0.372. The third kappa shape index (κ3) is 2.59. The lowest BCUT2D eigenvalue weighted by Crippen LogP contribution is -2.16. The van der Waals surface area contributed by atoms with E-state index < -0.39 is 0 Å². The van der Waals surface area contributed by atoms with Crippen molar-refractivity contribution < 1.29 is 4.79 Å². The first-order valence-electron chi connectivity index (χ1n) is 4.86. The van der Waals surface area contributed by atoms with Crippen molar-refractivity contribution >= 4 is 23.3 Å². The Hall–Kier alpha value is -1.95. The molecule has 0 saturated carbocycles. The van der Waals surface area contributed by atoms with Crippen LogP contribution in [0.3, 0.4) is 0 Å². The van der Waals surface area contributed by atoms with E-state index >= 15 is 0 Å². The first kappa shape index (κ1) is 11.5. The third-order valence-corrected chi connectivity index (χ3v) is 2.26. The average Bonchev–Trinajstić information content (AvgIpc) is 2.57. The summed E-state index contributed by atoms with van der Waals surface area (Å²) < 4.78 is 1.57. The number of hydrogen-bond acceptors (Lipinski definition) is 4. The molecular formula is C10H10ClN5O. The molecule has 2 heterocycles. The van der Waals surface area contributed by atoms with Gasteiger partial charge >= 0.3 is 0 Å². The topological polar surface area (TPSA) is 72.7 Å². The molecule has 17 heavy (non-hydrogen) atoms. The molecule has 6 nitrogen and oxygen atoms in total. The molecule has 2 aromatic heterocycles. The van der Waals surface area contributed by atoms with E-state index in [2.05, 4.69) is 20.4 Å². The molecule has 0 atom stereocenters. The lowest BCUT2D eigenvalue weighted by atomic mass is 10.4. The van der Waals surface area contributed by atoms with Crippen LogP contribution >= 0.6 is 11.6 Å². The second-order valence-corrected chi connectivity index (χ2v) is 3.86. The zero-order valence-electron chi connectivity index (χ0n) is 9.31. The minimum Gasteiger partial charge on any atom is -0.305 e. The number of aromatic nitrogens is 4. The molecule has 0 aliphatic rings. The van der Waals surface area contributed by atoms with Crippen LogP contribution < -0.4 is 5.32 Å². The molecule has 88 valence electrons. The molecule has 0 aliphatic carbocycles. The van der Waals surface area contributed by atoms with Crippen molar-refractivity contribution in [1.29, 1.82) is 0 Å². The van der Waals surface area contributed by atoms with Crippen molar-refractivity contribution in [2.24, 2.45) is 7.05 Å². The standard InChI is InChI=1S/C10H10ClN5O/c1-6-3-9(16(2)15-6)14-10(17)7-4-12-5-8(11)13-7/h3-5H,1-2H3,(H,14,17). The van der Waals surface area contributed by atoms with E-state index in [1.807, 2.05) is 6.92 Å². The molecule has 0 radical (unpaired) electrons. The first-order valence-corrected chi connectivity index (χ1v) is 5.23. The Balaban J connectivity index is 2.20. The molecule has 0 fully saturated rings. The highest BCUT2D eigenvalue weighted by Crippen LogP contribution is 2.10. The summed E-state index contributed by atoms with van der Waals surface area (Å²) in [4.78, 5) is 19.5. The molecule has 7 heteroatoms. The molecule has 0 saturated heterocycles. The number of nitrogens with one attached hydrogen (secondary N) is 1. The SMILES string of the molecule is Cc1cc(NC(=O)c2cncc(Cl)n2)n(C)n1. The molecule has 0 aliphatic heterocycles. The van der Waals surface area contributed by atoms with Crippen LogP contribution in [-0.2, 0) is 7.05 Å². The zero-order valence-corrected chi connectivity index (χ0v) is 10.1. The number of carbonyl (C=O) groups excluding carboxylic acids is 1. The van der Waals surface area contributed by atoms with Crippen molar-refractivity contribution in [1.82, 2.24) is 19.7 Å². The maximum absolute atomic E-state index is 11.8. The number of rotatable bonds is 2. The monoisotopic (exact) mass is 251 g/mol. The molecule has 1 N–H and O–H groups in total. The van der Waals surface area contributed by atoms with E-state index in [1.165, 1.54) is 12.4 Å². The van der Waals surface area contributed by atoms with Crippen molar-refractivity contribution in [3.8, 4) is 0 Å². The molecule has 1 amide bonds. The van der Waals surface area contributed by atoms with Crippen LogP contribution in [0, 0.1) is 6.92 Å². The molecule has 0 unspecified atom stereocenters. The van der Waals surface area contributed by atoms with Gasteiger partial charge in [-0.15, -0.1) is 0 Å². The number of hydrogen-bond donors (Lipinski definition) is 1. The Kier molecular flexibility index (Phi) is 3.06. The number of nitrogens with zero attached hydrogens (tertiary/aromatic N) is 4. The van der Waals surface area contributed by atoms with Crippen molar-refractivity contribution in [3.63, 3.8) is 0 Å². The van der Waals surface area contributed by atoms with Crippen LogP contribution in [0.15, 0.2) is 18.5 Å². The summed E-state index contributed by atoms with van der Waals surface area (Å²) in [5, 5.41) is 6.97. The summed E-state index contributed by atoms with van der Waals surface area (Å²) in [6, 6.07) is 1.76. The number of amides is 1. The van der Waals surface area contributed by atoms with Crippen molar-refractivity contribution in [3.05, 3.63) is 35.0 Å². The quantitative estimate of drug-likeness (QED) is 0.876. The minimum absolute atomic E-state index is 0.163. The highest BCUT2D eigenvalue weighted by molar-refractivity contribution is 6.29. The van der Waals surface area contributed by atoms with Crippen LogP contribution in [0.4, 0.5) is 5.82 Å². The summed E-state index contributed by atoms with van der Waals surface area (Å²) in [5.74, 6) is 0.220. The summed E-state index contributed by atoms with van der Waals surface area (Å²) in [6.07, 6.45) is 2.72. The summed E-state index contributed by atoms with van der Waals surface area (Å²) in [7, 11) is 1.74. The van der Waals surface area contributed by atoms with E-state index in [4.69, 9.17) is 11.6 Å². The van der Waals surface area contributed by atoms with Gasteiger partial charge in [0.2, 0.25) is 0 Å². The molecule has 2 rings (SSSR count). The van der Waals surface area contributed by atoms with Gasteiger partial charge < -0.3 is 5.32 Å². The molecule has 2 aromatic rings. The van der Waals surface area contributed by atoms with E-state index in [0.717, 1.165) is 5.69 Å². The number of anilines is 1. The predicted octanol–water partition coefficient (Wildman–Crippen LogP) is 1.42. The normalized spacial score (nSPS) is 10.3. The fraction of sp³-hybridized carbons (Fsp3) is 0.200. The smallest absolute Gasteiger partial charge is 0.277 e. The van der Waals surface area contributed by atoms with E-state index in [1.54, 1.807) is 17.8 Å². The Morgan fingerprint density at radius 1 is 1.47 bits per heavy atom. The fourth-order valence-corrected chi connectivity index (χ4v) is 1.51. The Morgan fingerprint density at radius 2 is 2.24 bits per heavy atom. The van der Waals surface area contributed by atoms with E-state index in [9.17, 15) is 4.79 Å². The highest BCUT2D eigenvalue weighted by atomic mass is 35.5. The summed E-state index contributed by atoms with van der Waals surface area (Å²) >= 11 is 5.66. The van der Waals surface area contributed by atoms with Gasteiger partial charge in [-0.1, -0.05) is 11.6 Å². The maximum Gasteiger partial charge on any atom is 0.277 e. The van der Waals surface area contributed by atoms with Crippen LogP contribution in [0.5, 0.6) is 0 Å². The van der Waals surface area contributed by atoms with Gasteiger partial charge in [0.15, 0.2) is 0 Å². The van der Waals surface area contributed by atoms with Gasteiger partial charge in [-0.25, -0.2) is 4.98 Å². The maximum atomic E-state index is 11.8. The second-order valence-electron chi connectivity index (χ2n) is 3.48. The Labute approximate surface area is 103 Å². The lowest BCUT2D eigenvalue weighted by molar-refractivity contribution is 0.102. The Bertz CT molecular complexity index is 566. The van der Waals surface area contributed by atoms with Gasteiger partial charge in [0.05, 0.1) is 18.1 Å². The molecule has 0 bridgehead atoms. The van der Waals surface area contributed by atoms with Crippen LogP contribution in [-0.4, -0.2) is 25.7 Å². The van der Waals surface area contributed by atoms with Gasteiger partial charge in [-0.05, 0) is 6.92 Å². The zero-order chi connectivity index (χ0) is 12.4. The van der Waals surface area contributed by atoms with Gasteiger partial charge in [-0.2, -0.15) is 5.10 Å². The average molecular weight is 252 g/mol. The van der Waals surface area contributed by atoms with E-state index in [0.29, 0.717) is 5.82 Å². The van der Waals surface area contributed by atoms with E-state index in [-0.39, 0.29) is 16.8 Å². The highest BCUT2D eigenvalue weighted by Gasteiger charge is 2.11. The van der Waals surface area contributed by atoms with Gasteiger partial charge in [0.1, 0.15) is 16.7 Å². The second kappa shape index (κ2) is 4.50. The van der Waals surface area contributed by atoms with Crippen molar-refractivity contribution in [2.45, 2.75) is 6.92 Å². The largest absolute Gasteiger partial charge is 0.305 e. The molecular weight excluding hydrogens is 242 g/mol. The van der Waals surface area contributed by atoms with Crippen molar-refractivity contribution in [2.75, 3.05) is 5.32 Å². The fourth-order valence-electron chi connectivity index (χ4n) is 1.36. The number of aryl methyl sites for hydroxylation is 2. The van der Waals surface area contributed by atoms with Crippen LogP contribution in [0.2, 0.25) is 5.15 Å². The molecule has 0 aromatic carbocycles. The number of halogens is 1.